The van der Waals surface area contributed by atoms with Crippen molar-refractivity contribution in [1.82, 2.24) is 4.98 Å². The highest BCUT2D eigenvalue weighted by atomic mass is 32.1. The maximum atomic E-state index is 13.1. The van der Waals surface area contributed by atoms with E-state index < -0.39 is 0 Å². The number of hydrogen-bond donors (Lipinski definition) is 1. The summed E-state index contributed by atoms with van der Waals surface area (Å²) in [7, 11) is 5.91. The first-order valence-electron chi connectivity index (χ1n) is 9.65. The Morgan fingerprint density at radius 2 is 1.93 bits per heavy atom. The van der Waals surface area contributed by atoms with Gasteiger partial charge >= 0.3 is 0 Å². The van der Waals surface area contributed by atoms with E-state index in [1.54, 1.807) is 18.4 Å². The van der Waals surface area contributed by atoms with Crippen molar-refractivity contribution < 1.29 is 14.4 Å². The number of quaternary nitrogens is 1. The zero-order valence-electron chi connectivity index (χ0n) is 16.8. The van der Waals surface area contributed by atoms with Crippen molar-refractivity contribution in [2.75, 3.05) is 39.2 Å². The number of thiazole rings is 1. The second kappa shape index (κ2) is 9.66. The lowest BCUT2D eigenvalue weighted by molar-refractivity contribution is -0.858. The second-order valence-corrected chi connectivity index (χ2v) is 8.15. The summed E-state index contributed by atoms with van der Waals surface area (Å²) in [5.74, 6) is 0.866. The van der Waals surface area contributed by atoms with Crippen LogP contribution >= 0.6 is 11.3 Å². The van der Waals surface area contributed by atoms with E-state index in [-0.39, 0.29) is 5.91 Å². The standard InChI is InChI=1S/C22H27N3O2S/c1-24(2)15-8-16-25(20(26)14-13-17-9-5-4-6-10-17)22-23-21-18(27-3)11-7-12-19(21)28-22/h4-7,9-12H,8,13-16H2,1-3H3/p+1. The van der Waals surface area contributed by atoms with Crippen LogP contribution in [0, 0.1) is 0 Å². The van der Waals surface area contributed by atoms with Crippen LogP contribution in [0.15, 0.2) is 48.5 Å². The van der Waals surface area contributed by atoms with Gasteiger partial charge in [0.25, 0.3) is 0 Å². The number of rotatable bonds is 9. The van der Waals surface area contributed by atoms with Crippen LogP contribution in [0.2, 0.25) is 0 Å². The van der Waals surface area contributed by atoms with Crippen molar-refractivity contribution >= 4 is 32.6 Å². The van der Waals surface area contributed by atoms with Gasteiger partial charge in [-0.1, -0.05) is 47.7 Å². The van der Waals surface area contributed by atoms with Gasteiger partial charge in [-0.15, -0.1) is 0 Å². The van der Waals surface area contributed by atoms with Crippen LogP contribution in [0.5, 0.6) is 5.75 Å². The number of aryl methyl sites for hydroxylation is 1. The highest BCUT2D eigenvalue weighted by molar-refractivity contribution is 7.22. The van der Waals surface area contributed by atoms with Crippen molar-refractivity contribution in [3.63, 3.8) is 0 Å². The summed E-state index contributed by atoms with van der Waals surface area (Å²) < 4.78 is 6.47. The molecule has 0 aliphatic heterocycles. The SMILES string of the molecule is COc1cccc2sc(N(CCC[NH+](C)C)C(=O)CCc3ccccc3)nc12. The largest absolute Gasteiger partial charge is 0.494 e. The molecule has 0 bridgehead atoms. The van der Waals surface area contributed by atoms with Gasteiger partial charge in [-0.25, -0.2) is 4.98 Å². The Bertz CT molecular complexity index is 909. The monoisotopic (exact) mass is 398 g/mol. The first-order valence-corrected chi connectivity index (χ1v) is 10.5. The zero-order valence-corrected chi connectivity index (χ0v) is 17.6. The number of aromatic nitrogens is 1. The van der Waals surface area contributed by atoms with Crippen LogP contribution in [0.25, 0.3) is 10.2 Å². The normalized spacial score (nSPS) is 11.1. The Hall–Kier alpha value is -2.44. The zero-order chi connectivity index (χ0) is 19.9. The Morgan fingerprint density at radius 3 is 2.64 bits per heavy atom. The van der Waals surface area contributed by atoms with Gasteiger partial charge in [-0.2, -0.15) is 0 Å². The molecule has 0 atom stereocenters. The molecule has 3 aromatic rings. The van der Waals surface area contributed by atoms with Crippen LogP contribution in [0.1, 0.15) is 18.4 Å². The molecule has 0 spiro atoms. The number of ether oxygens (including phenoxy) is 1. The molecule has 0 aliphatic carbocycles. The fraction of sp³-hybridized carbons (Fsp3) is 0.364. The number of para-hydroxylation sites is 1. The molecule has 0 unspecified atom stereocenters. The van der Waals surface area contributed by atoms with Crippen LogP contribution in [0.4, 0.5) is 5.13 Å². The maximum absolute atomic E-state index is 13.1. The third kappa shape index (κ3) is 5.09. The number of methoxy groups -OCH3 is 1. The number of anilines is 1. The molecule has 5 nitrogen and oxygen atoms in total. The molecule has 0 radical (unpaired) electrons. The van der Waals surface area contributed by atoms with E-state index in [0.717, 1.165) is 40.5 Å². The lowest BCUT2D eigenvalue weighted by Gasteiger charge is -2.20. The smallest absolute Gasteiger partial charge is 0.229 e. The molecule has 0 fully saturated rings. The molecule has 0 aliphatic rings. The van der Waals surface area contributed by atoms with Gasteiger partial charge in [-0.05, 0) is 24.1 Å². The topological polar surface area (TPSA) is 46.9 Å². The van der Waals surface area contributed by atoms with E-state index in [9.17, 15) is 4.79 Å². The van der Waals surface area contributed by atoms with E-state index >= 15 is 0 Å². The molecular formula is C22H28N3O2S+. The number of benzene rings is 2. The third-order valence-electron chi connectivity index (χ3n) is 4.65. The van der Waals surface area contributed by atoms with E-state index in [1.807, 2.05) is 41.3 Å². The van der Waals surface area contributed by atoms with Crippen molar-refractivity contribution in [3.05, 3.63) is 54.1 Å². The predicted molar refractivity (Wildman–Crippen MR) is 116 cm³/mol. The summed E-state index contributed by atoms with van der Waals surface area (Å²) in [4.78, 5) is 21.1. The number of hydrogen-bond acceptors (Lipinski definition) is 4. The molecule has 1 heterocycles. The number of fused-ring (bicyclic) bond motifs is 1. The summed E-state index contributed by atoms with van der Waals surface area (Å²) in [6.45, 7) is 1.69. The van der Waals surface area contributed by atoms with Gasteiger partial charge in [0.1, 0.15) is 11.3 Å². The van der Waals surface area contributed by atoms with Crippen LogP contribution in [0.3, 0.4) is 0 Å². The average Bonchev–Trinajstić information content (AvgIpc) is 3.14. The Morgan fingerprint density at radius 1 is 1.14 bits per heavy atom. The summed E-state index contributed by atoms with van der Waals surface area (Å²) in [5.41, 5.74) is 2.00. The Kier molecular flexibility index (Phi) is 7.01. The average molecular weight is 399 g/mol. The molecule has 148 valence electrons. The fourth-order valence-electron chi connectivity index (χ4n) is 3.14. The first-order chi connectivity index (χ1) is 13.6. The highest BCUT2D eigenvalue weighted by Gasteiger charge is 2.21. The molecule has 28 heavy (non-hydrogen) atoms. The molecular weight excluding hydrogens is 370 g/mol. The Labute approximate surface area is 170 Å². The number of carbonyl (C=O) groups is 1. The predicted octanol–water partition coefficient (Wildman–Crippen LogP) is 2.81. The minimum absolute atomic E-state index is 0.121. The quantitative estimate of drug-likeness (QED) is 0.603. The minimum Gasteiger partial charge on any atom is -0.494 e. The van der Waals surface area contributed by atoms with Crippen LogP contribution in [-0.2, 0) is 11.2 Å². The van der Waals surface area contributed by atoms with Gasteiger partial charge in [0, 0.05) is 19.4 Å². The Balaban J connectivity index is 1.80. The number of nitrogens with zero attached hydrogens (tertiary/aromatic N) is 2. The molecule has 0 saturated carbocycles. The van der Waals surface area contributed by atoms with Gasteiger partial charge in [0.2, 0.25) is 5.91 Å². The fourth-order valence-corrected chi connectivity index (χ4v) is 4.17. The molecule has 0 saturated heterocycles. The van der Waals surface area contributed by atoms with Crippen LogP contribution < -0.4 is 14.5 Å². The second-order valence-electron chi connectivity index (χ2n) is 7.15. The molecule has 1 amide bonds. The molecule has 1 N–H and O–H groups in total. The number of nitrogens with one attached hydrogen (secondary N) is 1. The summed E-state index contributed by atoms with van der Waals surface area (Å²) in [5, 5.41) is 0.756. The van der Waals surface area contributed by atoms with Crippen molar-refractivity contribution in [1.29, 1.82) is 0 Å². The van der Waals surface area contributed by atoms with Crippen molar-refractivity contribution in [2.45, 2.75) is 19.3 Å². The van der Waals surface area contributed by atoms with Crippen LogP contribution in [-0.4, -0.2) is 45.2 Å². The molecule has 6 heteroatoms. The lowest BCUT2D eigenvalue weighted by Crippen LogP contribution is -3.05. The van der Waals surface area contributed by atoms with E-state index in [0.29, 0.717) is 13.0 Å². The van der Waals surface area contributed by atoms with Gasteiger partial charge in [0.05, 0.1) is 32.4 Å². The third-order valence-corrected chi connectivity index (χ3v) is 5.70. The number of amides is 1. The van der Waals surface area contributed by atoms with Gasteiger partial charge in [-0.3, -0.25) is 9.69 Å². The van der Waals surface area contributed by atoms with E-state index in [1.165, 1.54) is 10.5 Å². The van der Waals surface area contributed by atoms with E-state index in [2.05, 4.69) is 26.2 Å². The minimum atomic E-state index is 0.121. The molecule has 3 rings (SSSR count). The molecule has 2 aromatic carbocycles. The maximum Gasteiger partial charge on any atom is 0.229 e. The van der Waals surface area contributed by atoms with Crippen molar-refractivity contribution in [2.24, 2.45) is 0 Å². The first kappa shape index (κ1) is 20.3. The molecule has 1 aromatic heterocycles. The van der Waals surface area contributed by atoms with Gasteiger partial charge < -0.3 is 9.64 Å². The van der Waals surface area contributed by atoms with Gasteiger partial charge in [0.15, 0.2) is 5.13 Å². The summed E-state index contributed by atoms with van der Waals surface area (Å²) in [6, 6.07) is 16.0. The lowest BCUT2D eigenvalue weighted by atomic mass is 10.1. The van der Waals surface area contributed by atoms with E-state index in [4.69, 9.17) is 9.72 Å². The highest BCUT2D eigenvalue weighted by Crippen LogP contribution is 2.34. The summed E-state index contributed by atoms with van der Waals surface area (Å²) >= 11 is 1.55. The number of carbonyl (C=O) groups excluding carboxylic acids is 1. The summed E-state index contributed by atoms with van der Waals surface area (Å²) in [6.07, 6.45) is 2.15. The van der Waals surface area contributed by atoms with Crippen molar-refractivity contribution in [3.8, 4) is 5.75 Å².